The molecule has 0 bridgehead atoms. The van der Waals surface area contributed by atoms with E-state index in [1.54, 1.807) is 25.1 Å². The number of amides is 1. The zero-order chi connectivity index (χ0) is 29.1. The summed E-state index contributed by atoms with van der Waals surface area (Å²) in [6.07, 6.45) is 5.92. The molecule has 0 spiro atoms. The number of carbonyl (C=O) groups excluding carboxylic acids is 1. The molecule has 0 unspecified atom stereocenters. The highest BCUT2D eigenvalue weighted by atomic mass is 32.1. The summed E-state index contributed by atoms with van der Waals surface area (Å²) >= 11 is 1.16. The minimum absolute atomic E-state index is 0.198. The van der Waals surface area contributed by atoms with Crippen molar-refractivity contribution in [2.45, 2.75) is 77.6 Å². The van der Waals surface area contributed by atoms with Crippen molar-refractivity contribution in [2.24, 2.45) is 5.92 Å². The van der Waals surface area contributed by atoms with E-state index in [2.05, 4.69) is 54.4 Å². The molecule has 1 aromatic carbocycles. The molecule has 0 saturated heterocycles. The highest BCUT2D eigenvalue weighted by Crippen LogP contribution is 2.40. The Hall–Kier alpha value is -2.89. The summed E-state index contributed by atoms with van der Waals surface area (Å²) in [5.41, 5.74) is 1.42. The molecular weight excluding hydrogens is 547 g/mol. The molecule has 1 fully saturated rings. The Bertz CT molecular complexity index is 1340. The number of nitrogens with one attached hydrogen (secondary N) is 1. The molecule has 3 aromatic rings. The van der Waals surface area contributed by atoms with Gasteiger partial charge in [0, 0.05) is 23.6 Å². The second-order valence-corrected chi connectivity index (χ2v) is 17.5. The van der Waals surface area contributed by atoms with E-state index in [0.29, 0.717) is 46.0 Å². The fourth-order valence-electron chi connectivity index (χ4n) is 4.57. The lowest BCUT2D eigenvalue weighted by Crippen LogP contribution is -2.44. The predicted molar refractivity (Wildman–Crippen MR) is 158 cm³/mol. The largest absolute Gasteiger partial charge is 0.496 e. The monoisotopic (exact) mass is 586 g/mol. The molecule has 0 radical (unpaired) electrons. The van der Waals surface area contributed by atoms with Crippen LogP contribution in [-0.4, -0.2) is 49.2 Å². The first-order valence-electron chi connectivity index (χ1n) is 13.6. The number of hydrogen-bond donors (Lipinski definition) is 1. The van der Waals surface area contributed by atoms with Crippen molar-refractivity contribution in [3.8, 4) is 22.1 Å². The van der Waals surface area contributed by atoms with Crippen LogP contribution in [0.3, 0.4) is 0 Å². The summed E-state index contributed by atoms with van der Waals surface area (Å²) in [6.45, 7) is 13.8. The zero-order valence-electron chi connectivity index (χ0n) is 24.3. The van der Waals surface area contributed by atoms with Crippen LogP contribution in [0, 0.1) is 18.7 Å². The van der Waals surface area contributed by atoms with Crippen molar-refractivity contribution >= 4 is 30.7 Å². The van der Waals surface area contributed by atoms with Crippen LogP contribution in [0.5, 0.6) is 10.9 Å². The molecule has 40 heavy (non-hydrogen) atoms. The number of carbonyl (C=O) groups is 1. The van der Waals surface area contributed by atoms with E-state index in [1.807, 2.05) is 0 Å². The summed E-state index contributed by atoms with van der Waals surface area (Å²) in [5.74, 6) is -0.216. The van der Waals surface area contributed by atoms with Crippen molar-refractivity contribution in [1.29, 1.82) is 0 Å². The summed E-state index contributed by atoms with van der Waals surface area (Å²) in [7, 11) is -0.304. The Morgan fingerprint density at radius 1 is 1.18 bits per heavy atom. The third kappa shape index (κ3) is 7.05. The Labute approximate surface area is 240 Å². The van der Waals surface area contributed by atoms with Crippen molar-refractivity contribution in [3.63, 3.8) is 0 Å². The highest BCUT2D eigenvalue weighted by molar-refractivity contribution is 7.17. The van der Waals surface area contributed by atoms with Gasteiger partial charge in [0.15, 0.2) is 8.32 Å². The number of anilines is 1. The van der Waals surface area contributed by atoms with Crippen LogP contribution >= 0.6 is 11.3 Å². The fraction of sp³-hybridized carbons (Fsp3) is 0.517. The first kappa shape index (κ1) is 30.1. The number of hydrogen-bond acceptors (Lipinski definition) is 8. The third-order valence-corrected chi connectivity index (χ3v) is 13.2. The molecule has 1 aliphatic rings. The van der Waals surface area contributed by atoms with Gasteiger partial charge in [-0.25, -0.2) is 4.39 Å². The van der Waals surface area contributed by atoms with E-state index >= 15 is 0 Å². The SMILES string of the molecule is COc1cccc(F)c1-c1cc(C)ncc1C(=O)Nc1nnc(OCC2CCC(O[Si](C)(C)C(C)(C)C)CC2)s1. The van der Waals surface area contributed by atoms with Gasteiger partial charge in [-0.05, 0) is 86.2 Å². The Kier molecular flexibility index (Phi) is 9.26. The van der Waals surface area contributed by atoms with Gasteiger partial charge in [-0.15, -0.1) is 5.10 Å². The molecule has 1 amide bonds. The molecule has 4 rings (SSSR count). The molecule has 1 saturated carbocycles. The molecule has 1 aliphatic carbocycles. The van der Waals surface area contributed by atoms with Crippen LogP contribution in [0.4, 0.5) is 9.52 Å². The maximum absolute atomic E-state index is 14.8. The van der Waals surface area contributed by atoms with Gasteiger partial charge in [0.1, 0.15) is 11.6 Å². The van der Waals surface area contributed by atoms with Gasteiger partial charge in [0.25, 0.3) is 11.1 Å². The van der Waals surface area contributed by atoms with Gasteiger partial charge in [-0.3, -0.25) is 15.1 Å². The van der Waals surface area contributed by atoms with E-state index in [-0.39, 0.29) is 16.2 Å². The quantitative estimate of drug-likeness (QED) is 0.264. The number of pyridine rings is 1. The maximum atomic E-state index is 14.8. The number of ether oxygens (including phenoxy) is 2. The Balaban J connectivity index is 1.35. The summed E-state index contributed by atoms with van der Waals surface area (Å²) in [4.78, 5) is 17.5. The van der Waals surface area contributed by atoms with E-state index < -0.39 is 20.0 Å². The summed E-state index contributed by atoms with van der Waals surface area (Å²) in [5, 5.41) is 11.8. The molecule has 11 heteroatoms. The third-order valence-electron chi connectivity index (χ3n) is 7.88. The Morgan fingerprint density at radius 3 is 2.58 bits per heavy atom. The fourth-order valence-corrected chi connectivity index (χ4v) is 6.59. The lowest BCUT2D eigenvalue weighted by molar-refractivity contribution is 0.0983. The van der Waals surface area contributed by atoms with Crippen molar-refractivity contribution in [3.05, 3.63) is 47.5 Å². The molecule has 8 nitrogen and oxygen atoms in total. The predicted octanol–water partition coefficient (Wildman–Crippen LogP) is 7.27. The second-order valence-electron chi connectivity index (χ2n) is 11.8. The number of halogens is 1. The average Bonchev–Trinajstić information content (AvgIpc) is 3.34. The minimum Gasteiger partial charge on any atom is -0.496 e. The second kappa shape index (κ2) is 12.3. The molecule has 0 atom stereocenters. The zero-order valence-corrected chi connectivity index (χ0v) is 26.2. The number of aryl methyl sites for hydroxylation is 1. The first-order chi connectivity index (χ1) is 18.9. The lowest BCUT2D eigenvalue weighted by atomic mass is 9.88. The van der Waals surface area contributed by atoms with Gasteiger partial charge >= 0.3 is 0 Å². The highest BCUT2D eigenvalue weighted by Gasteiger charge is 2.39. The van der Waals surface area contributed by atoms with E-state index in [4.69, 9.17) is 13.9 Å². The number of methoxy groups -OCH3 is 1. The number of aromatic nitrogens is 3. The number of benzene rings is 1. The molecule has 216 valence electrons. The smallest absolute Gasteiger partial charge is 0.295 e. The maximum Gasteiger partial charge on any atom is 0.295 e. The lowest BCUT2D eigenvalue weighted by Gasteiger charge is -2.41. The summed E-state index contributed by atoms with van der Waals surface area (Å²) < 4.78 is 32.7. The summed E-state index contributed by atoms with van der Waals surface area (Å²) in [6, 6.07) is 6.20. The standard InChI is InChI=1S/C29H39FN4O4SSi/c1-18-15-21(25-23(30)9-8-10-24(25)36-5)22(16-31-18)26(35)32-27-33-34-28(39-27)37-17-19-11-13-20(14-12-19)38-40(6,7)29(2,3)4/h8-10,15-16,19-20H,11-14,17H2,1-7H3,(H,32,33,35). The van der Waals surface area contributed by atoms with Crippen LogP contribution in [-0.2, 0) is 4.43 Å². The van der Waals surface area contributed by atoms with Crippen molar-refractivity contribution in [1.82, 2.24) is 15.2 Å². The molecule has 0 aliphatic heterocycles. The molecular formula is C29H39FN4O4SSi. The van der Waals surface area contributed by atoms with Gasteiger partial charge in [-0.1, -0.05) is 31.9 Å². The topological polar surface area (TPSA) is 95.5 Å². The van der Waals surface area contributed by atoms with E-state index in [9.17, 15) is 9.18 Å². The molecule has 1 N–H and O–H groups in total. The van der Waals surface area contributed by atoms with Gasteiger partial charge in [0.2, 0.25) is 5.13 Å². The van der Waals surface area contributed by atoms with Gasteiger partial charge in [0.05, 0.1) is 24.8 Å². The first-order valence-corrected chi connectivity index (χ1v) is 17.4. The van der Waals surface area contributed by atoms with Crippen LogP contribution < -0.4 is 14.8 Å². The van der Waals surface area contributed by atoms with Crippen LogP contribution in [0.25, 0.3) is 11.1 Å². The number of rotatable bonds is 9. The molecule has 2 aromatic heterocycles. The van der Waals surface area contributed by atoms with Crippen LogP contribution in [0.2, 0.25) is 18.1 Å². The van der Waals surface area contributed by atoms with Crippen LogP contribution in [0.1, 0.15) is 62.5 Å². The Morgan fingerprint density at radius 2 is 1.90 bits per heavy atom. The normalized spacial score (nSPS) is 17.9. The van der Waals surface area contributed by atoms with E-state index in [0.717, 1.165) is 37.0 Å². The van der Waals surface area contributed by atoms with Crippen molar-refractivity contribution < 1.29 is 23.1 Å². The van der Waals surface area contributed by atoms with E-state index in [1.165, 1.54) is 19.4 Å². The average molecular weight is 587 g/mol. The van der Waals surface area contributed by atoms with Crippen molar-refractivity contribution in [2.75, 3.05) is 19.0 Å². The minimum atomic E-state index is -1.77. The van der Waals surface area contributed by atoms with Crippen LogP contribution in [0.15, 0.2) is 30.5 Å². The van der Waals surface area contributed by atoms with Gasteiger partial charge < -0.3 is 13.9 Å². The van der Waals surface area contributed by atoms with Gasteiger partial charge in [-0.2, -0.15) is 0 Å². The molecule has 2 heterocycles. The number of nitrogens with zero attached hydrogens (tertiary/aromatic N) is 3.